The normalized spacial score (nSPS) is 15.6. The molecule has 1 aliphatic rings. The zero-order chi connectivity index (χ0) is 15.9. The van der Waals surface area contributed by atoms with Gasteiger partial charge in [0.2, 0.25) is 5.91 Å². The number of benzene rings is 1. The molecule has 1 aromatic carbocycles. The van der Waals surface area contributed by atoms with Gasteiger partial charge in [-0.25, -0.2) is 5.43 Å². The summed E-state index contributed by atoms with van der Waals surface area (Å²) < 4.78 is 0. The Labute approximate surface area is 135 Å². The lowest BCUT2D eigenvalue weighted by Crippen LogP contribution is -2.33. The van der Waals surface area contributed by atoms with E-state index in [9.17, 15) is 9.59 Å². The largest absolute Gasteiger partial charge is 0.353 e. The van der Waals surface area contributed by atoms with Crippen molar-refractivity contribution in [2.24, 2.45) is 5.10 Å². The zero-order valence-electron chi connectivity index (χ0n) is 12.6. The standard InChI is InChI=1S/C16H20ClN3O2/c1-11(10-15(21)18-14-4-2-3-5-14)19-20-16(22)12-6-8-13(17)9-7-12/h6-9,14H,2-5,10H2,1H3,(H,18,21)(H,20,22). The summed E-state index contributed by atoms with van der Waals surface area (Å²) in [6, 6.07) is 6.82. The molecule has 0 radical (unpaired) electrons. The second-order valence-electron chi connectivity index (χ2n) is 5.52. The van der Waals surface area contributed by atoms with Gasteiger partial charge in [0.1, 0.15) is 0 Å². The average molecular weight is 322 g/mol. The zero-order valence-corrected chi connectivity index (χ0v) is 13.3. The molecule has 0 atom stereocenters. The van der Waals surface area contributed by atoms with Crippen LogP contribution in [-0.2, 0) is 4.79 Å². The highest BCUT2D eigenvalue weighted by Gasteiger charge is 2.17. The summed E-state index contributed by atoms with van der Waals surface area (Å²) in [5, 5.41) is 7.52. The number of carbonyl (C=O) groups is 2. The van der Waals surface area contributed by atoms with Gasteiger partial charge in [0.05, 0.1) is 6.42 Å². The maximum atomic E-state index is 11.9. The van der Waals surface area contributed by atoms with Crippen LogP contribution in [0.3, 0.4) is 0 Å². The van der Waals surface area contributed by atoms with Gasteiger partial charge in [0.25, 0.3) is 5.91 Å². The number of nitrogens with zero attached hydrogens (tertiary/aromatic N) is 1. The first-order valence-corrected chi connectivity index (χ1v) is 7.81. The van der Waals surface area contributed by atoms with Crippen molar-refractivity contribution in [2.45, 2.75) is 45.1 Å². The Hall–Kier alpha value is -1.88. The maximum Gasteiger partial charge on any atom is 0.271 e. The van der Waals surface area contributed by atoms with Crippen LogP contribution in [0, 0.1) is 0 Å². The number of halogens is 1. The summed E-state index contributed by atoms with van der Waals surface area (Å²) in [6.07, 6.45) is 4.65. The number of amides is 2. The number of rotatable bonds is 5. The molecule has 0 spiro atoms. The van der Waals surface area contributed by atoms with Crippen LogP contribution in [0.2, 0.25) is 5.02 Å². The van der Waals surface area contributed by atoms with E-state index in [1.165, 1.54) is 12.8 Å². The topological polar surface area (TPSA) is 70.6 Å². The first-order chi connectivity index (χ1) is 10.5. The lowest BCUT2D eigenvalue weighted by atomic mass is 10.2. The molecule has 1 aromatic rings. The third-order valence-corrected chi connectivity index (χ3v) is 3.84. The molecule has 6 heteroatoms. The van der Waals surface area contributed by atoms with Gasteiger partial charge in [-0.1, -0.05) is 24.4 Å². The number of hydrogen-bond acceptors (Lipinski definition) is 3. The number of hydrogen-bond donors (Lipinski definition) is 2. The lowest BCUT2D eigenvalue weighted by Gasteiger charge is -2.11. The summed E-state index contributed by atoms with van der Waals surface area (Å²) >= 11 is 5.77. The van der Waals surface area contributed by atoms with Crippen molar-refractivity contribution in [3.63, 3.8) is 0 Å². The minimum Gasteiger partial charge on any atom is -0.353 e. The molecule has 22 heavy (non-hydrogen) atoms. The van der Waals surface area contributed by atoms with Crippen LogP contribution >= 0.6 is 11.6 Å². The second kappa shape index (κ2) is 7.94. The molecule has 5 nitrogen and oxygen atoms in total. The smallest absolute Gasteiger partial charge is 0.271 e. The van der Waals surface area contributed by atoms with E-state index in [1.807, 2.05) is 0 Å². The molecule has 2 N–H and O–H groups in total. The Bertz CT molecular complexity index is 563. The minimum absolute atomic E-state index is 0.0473. The monoisotopic (exact) mass is 321 g/mol. The van der Waals surface area contributed by atoms with Crippen molar-refractivity contribution in [1.29, 1.82) is 0 Å². The summed E-state index contributed by atoms with van der Waals surface area (Å²) in [7, 11) is 0. The second-order valence-corrected chi connectivity index (χ2v) is 5.96. The van der Waals surface area contributed by atoms with Crippen molar-refractivity contribution < 1.29 is 9.59 Å². The Kier molecular flexibility index (Phi) is 5.95. The quantitative estimate of drug-likeness (QED) is 0.646. The summed E-state index contributed by atoms with van der Waals surface area (Å²) in [5.74, 6) is -0.374. The van der Waals surface area contributed by atoms with E-state index < -0.39 is 0 Å². The Morgan fingerprint density at radius 2 is 1.86 bits per heavy atom. The van der Waals surface area contributed by atoms with Gasteiger partial charge in [-0.05, 0) is 44.0 Å². The number of carbonyl (C=O) groups excluding carboxylic acids is 2. The predicted octanol–water partition coefficient (Wildman–Crippen LogP) is 2.89. The average Bonchev–Trinajstić information content (AvgIpc) is 2.98. The first kappa shape index (κ1) is 16.5. The molecule has 118 valence electrons. The first-order valence-electron chi connectivity index (χ1n) is 7.43. The molecule has 2 amide bonds. The van der Waals surface area contributed by atoms with E-state index in [2.05, 4.69) is 15.8 Å². The van der Waals surface area contributed by atoms with Crippen molar-refractivity contribution in [3.05, 3.63) is 34.9 Å². The van der Waals surface area contributed by atoms with Gasteiger partial charge in [0.15, 0.2) is 0 Å². The van der Waals surface area contributed by atoms with E-state index in [4.69, 9.17) is 11.6 Å². The highest BCUT2D eigenvalue weighted by molar-refractivity contribution is 6.30. The molecular weight excluding hydrogens is 302 g/mol. The van der Waals surface area contributed by atoms with Gasteiger partial charge in [0, 0.05) is 22.3 Å². The SMILES string of the molecule is CC(CC(=O)NC1CCCC1)=NNC(=O)c1ccc(Cl)cc1. The van der Waals surface area contributed by atoms with Crippen LogP contribution < -0.4 is 10.7 Å². The molecular formula is C16H20ClN3O2. The fourth-order valence-corrected chi connectivity index (χ4v) is 2.56. The molecule has 0 aliphatic heterocycles. The molecule has 0 saturated heterocycles. The third kappa shape index (κ3) is 5.15. The molecule has 1 aliphatic carbocycles. The molecule has 0 unspecified atom stereocenters. The molecule has 2 rings (SSSR count). The van der Waals surface area contributed by atoms with Gasteiger partial charge >= 0.3 is 0 Å². The van der Waals surface area contributed by atoms with Gasteiger partial charge in [-0.3, -0.25) is 9.59 Å². The lowest BCUT2D eigenvalue weighted by molar-refractivity contribution is -0.120. The molecule has 0 aromatic heterocycles. The van der Waals surface area contributed by atoms with E-state index in [-0.39, 0.29) is 18.2 Å². The van der Waals surface area contributed by atoms with Gasteiger partial charge in [-0.2, -0.15) is 5.10 Å². The van der Waals surface area contributed by atoms with Gasteiger partial charge < -0.3 is 5.32 Å². The van der Waals surface area contributed by atoms with Crippen LogP contribution in [0.25, 0.3) is 0 Å². The highest BCUT2D eigenvalue weighted by atomic mass is 35.5. The van der Waals surface area contributed by atoms with Crippen LogP contribution in [0.4, 0.5) is 0 Å². The van der Waals surface area contributed by atoms with Crippen molar-refractivity contribution in [3.8, 4) is 0 Å². The van der Waals surface area contributed by atoms with E-state index in [0.29, 0.717) is 22.3 Å². The molecule has 1 fully saturated rings. The van der Waals surface area contributed by atoms with E-state index in [1.54, 1.807) is 31.2 Å². The summed E-state index contributed by atoms with van der Waals surface area (Å²) in [4.78, 5) is 23.7. The van der Waals surface area contributed by atoms with E-state index >= 15 is 0 Å². The summed E-state index contributed by atoms with van der Waals surface area (Å²) in [5.41, 5.74) is 3.48. The van der Waals surface area contributed by atoms with Gasteiger partial charge in [-0.15, -0.1) is 0 Å². The van der Waals surface area contributed by atoms with Crippen molar-refractivity contribution in [2.75, 3.05) is 0 Å². The Morgan fingerprint density at radius 3 is 2.50 bits per heavy atom. The van der Waals surface area contributed by atoms with Crippen LogP contribution in [0.15, 0.2) is 29.4 Å². The van der Waals surface area contributed by atoms with E-state index in [0.717, 1.165) is 12.8 Å². The number of nitrogens with one attached hydrogen (secondary N) is 2. The number of hydrazone groups is 1. The van der Waals surface area contributed by atoms with Crippen molar-refractivity contribution >= 4 is 29.1 Å². The molecule has 0 heterocycles. The van der Waals surface area contributed by atoms with Crippen LogP contribution in [0.1, 0.15) is 49.4 Å². The third-order valence-electron chi connectivity index (χ3n) is 3.59. The summed E-state index contributed by atoms with van der Waals surface area (Å²) in [6.45, 7) is 1.72. The molecule has 1 saturated carbocycles. The highest BCUT2D eigenvalue weighted by Crippen LogP contribution is 2.17. The Morgan fingerprint density at radius 1 is 1.23 bits per heavy atom. The fourth-order valence-electron chi connectivity index (χ4n) is 2.43. The predicted molar refractivity (Wildman–Crippen MR) is 87.0 cm³/mol. The minimum atomic E-state index is -0.327. The van der Waals surface area contributed by atoms with Crippen LogP contribution in [0.5, 0.6) is 0 Å². The van der Waals surface area contributed by atoms with Crippen LogP contribution in [-0.4, -0.2) is 23.6 Å². The fraction of sp³-hybridized carbons (Fsp3) is 0.438. The maximum absolute atomic E-state index is 11.9. The Balaban J connectivity index is 1.80. The molecule has 0 bridgehead atoms. The van der Waals surface area contributed by atoms with Crippen molar-refractivity contribution in [1.82, 2.24) is 10.7 Å².